The van der Waals surface area contributed by atoms with Gasteiger partial charge in [0.1, 0.15) is 5.52 Å². The Morgan fingerprint density at radius 3 is 2.85 bits per heavy atom. The molecule has 3 N–H and O–H groups in total. The minimum absolute atomic E-state index is 0.0335. The number of nitrogens with one attached hydrogen (secondary N) is 1. The first-order valence-electron chi connectivity index (χ1n) is 10.4. The Bertz CT molecular complexity index is 995. The standard InChI is InChI=1S/C22H30N4O/c1-15-20-21(25-24-15)18-14-17(9-4-8-16-6-2-3-7-16)10-11-19(18)26(22(20)27)13-5-12-23/h10-11,14,16H,2-9,12-13,23H2,1H3,(H,24,25). The summed E-state index contributed by atoms with van der Waals surface area (Å²) < 4.78 is 1.87. The van der Waals surface area contributed by atoms with Gasteiger partial charge in [0.25, 0.3) is 5.56 Å². The summed E-state index contributed by atoms with van der Waals surface area (Å²) in [7, 11) is 0. The zero-order valence-electron chi connectivity index (χ0n) is 16.3. The van der Waals surface area contributed by atoms with Crippen molar-refractivity contribution in [3.63, 3.8) is 0 Å². The predicted molar refractivity (Wildman–Crippen MR) is 111 cm³/mol. The van der Waals surface area contributed by atoms with E-state index in [4.69, 9.17) is 5.73 Å². The fourth-order valence-electron chi connectivity index (χ4n) is 4.66. The van der Waals surface area contributed by atoms with Crippen LogP contribution in [0, 0.1) is 12.8 Å². The van der Waals surface area contributed by atoms with Crippen molar-refractivity contribution >= 4 is 21.8 Å². The summed E-state index contributed by atoms with van der Waals surface area (Å²) >= 11 is 0. The van der Waals surface area contributed by atoms with Gasteiger partial charge < -0.3 is 10.3 Å². The van der Waals surface area contributed by atoms with E-state index < -0.39 is 0 Å². The van der Waals surface area contributed by atoms with Gasteiger partial charge in [-0.15, -0.1) is 0 Å². The molecule has 3 aromatic rings. The monoisotopic (exact) mass is 366 g/mol. The molecular weight excluding hydrogens is 336 g/mol. The van der Waals surface area contributed by atoms with E-state index in [0.717, 1.165) is 40.9 Å². The zero-order valence-corrected chi connectivity index (χ0v) is 16.3. The Hall–Kier alpha value is -2.14. The van der Waals surface area contributed by atoms with E-state index in [1.54, 1.807) is 0 Å². The second-order valence-corrected chi connectivity index (χ2v) is 8.07. The van der Waals surface area contributed by atoms with Crippen LogP contribution >= 0.6 is 0 Å². The summed E-state index contributed by atoms with van der Waals surface area (Å²) in [5.41, 5.74) is 9.67. The van der Waals surface area contributed by atoms with Crippen molar-refractivity contribution in [3.8, 4) is 0 Å². The number of pyridine rings is 1. The van der Waals surface area contributed by atoms with Gasteiger partial charge in [0, 0.05) is 17.6 Å². The first kappa shape index (κ1) is 18.2. The average molecular weight is 367 g/mol. The molecule has 0 radical (unpaired) electrons. The molecule has 1 aromatic carbocycles. The Labute approximate surface area is 159 Å². The van der Waals surface area contributed by atoms with Crippen LogP contribution < -0.4 is 11.3 Å². The molecule has 2 heterocycles. The molecule has 5 nitrogen and oxygen atoms in total. The topological polar surface area (TPSA) is 76.7 Å². The molecule has 0 bridgehead atoms. The van der Waals surface area contributed by atoms with Gasteiger partial charge in [0.2, 0.25) is 0 Å². The molecule has 0 aliphatic heterocycles. The Morgan fingerprint density at radius 1 is 1.26 bits per heavy atom. The van der Waals surface area contributed by atoms with Crippen LogP contribution in [0.15, 0.2) is 23.0 Å². The van der Waals surface area contributed by atoms with Crippen molar-refractivity contribution in [2.24, 2.45) is 11.7 Å². The van der Waals surface area contributed by atoms with Gasteiger partial charge in [-0.1, -0.05) is 38.2 Å². The number of aromatic nitrogens is 3. The van der Waals surface area contributed by atoms with Crippen LogP contribution in [0.3, 0.4) is 0 Å². The number of rotatable bonds is 7. The third-order valence-electron chi connectivity index (χ3n) is 6.15. The van der Waals surface area contributed by atoms with E-state index in [1.807, 2.05) is 11.5 Å². The summed E-state index contributed by atoms with van der Waals surface area (Å²) in [5, 5.41) is 9.24. The van der Waals surface area contributed by atoms with Crippen molar-refractivity contribution in [2.45, 2.75) is 64.8 Å². The van der Waals surface area contributed by atoms with E-state index in [9.17, 15) is 4.79 Å². The molecule has 1 saturated carbocycles. The number of H-pyrrole nitrogens is 1. The SMILES string of the molecule is Cc1[nH]nc2c1c(=O)n(CCCN)c1ccc(CCCC3CCCC3)cc21. The summed E-state index contributed by atoms with van der Waals surface area (Å²) in [6.45, 7) is 3.14. The summed E-state index contributed by atoms with van der Waals surface area (Å²) in [6, 6.07) is 6.52. The number of aryl methyl sites for hydroxylation is 3. The number of nitrogens with zero attached hydrogens (tertiary/aromatic N) is 2. The Balaban J connectivity index is 1.69. The summed E-state index contributed by atoms with van der Waals surface area (Å²) in [4.78, 5) is 13.0. The van der Waals surface area contributed by atoms with Crippen molar-refractivity contribution in [1.29, 1.82) is 0 Å². The van der Waals surface area contributed by atoms with Crippen LogP contribution in [0.25, 0.3) is 21.8 Å². The molecule has 1 aliphatic carbocycles. The van der Waals surface area contributed by atoms with Gasteiger partial charge in [-0.2, -0.15) is 5.10 Å². The fraction of sp³-hybridized carbons (Fsp3) is 0.545. The Morgan fingerprint density at radius 2 is 2.07 bits per heavy atom. The van der Waals surface area contributed by atoms with Crippen molar-refractivity contribution in [3.05, 3.63) is 39.8 Å². The van der Waals surface area contributed by atoms with Crippen LogP contribution in [-0.4, -0.2) is 21.3 Å². The van der Waals surface area contributed by atoms with Gasteiger partial charge in [-0.3, -0.25) is 9.89 Å². The van der Waals surface area contributed by atoms with Crippen LogP contribution in [0.5, 0.6) is 0 Å². The highest BCUT2D eigenvalue weighted by Gasteiger charge is 2.17. The summed E-state index contributed by atoms with van der Waals surface area (Å²) in [5.74, 6) is 0.938. The summed E-state index contributed by atoms with van der Waals surface area (Å²) in [6.07, 6.45) is 10.1. The normalized spacial score (nSPS) is 15.3. The van der Waals surface area contributed by atoms with E-state index in [1.165, 1.54) is 44.1 Å². The van der Waals surface area contributed by atoms with E-state index >= 15 is 0 Å². The molecule has 5 heteroatoms. The second-order valence-electron chi connectivity index (χ2n) is 8.07. The van der Waals surface area contributed by atoms with E-state index in [0.29, 0.717) is 18.5 Å². The maximum absolute atomic E-state index is 13.0. The molecule has 27 heavy (non-hydrogen) atoms. The number of aromatic amines is 1. The molecular formula is C22H30N4O. The molecule has 0 saturated heterocycles. The third kappa shape index (κ3) is 3.53. The number of hydrogen-bond acceptors (Lipinski definition) is 3. The zero-order chi connectivity index (χ0) is 18.8. The number of hydrogen-bond donors (Lipinski definition) is 2. The number of nitrogens with two attached hydrogens (primary N) is 1. The fourth-order valence-corrected chi connectivity index (χ4v) is 4.66. The lowest BCUT2D eigenvalue weighted by atomic mass is 9.97. The van der Waals surface area contributed by atoms with Crippen LogP contribution in [-0.2, 0) is 13.0 Å². The minimum atomic E-state index is 0.0335. The number of benzene rings is 1. The largest absolute Gasteiger partial charge is 0.330 e. The van der Waals surface area contributed by atoms with Crippen LogP contribution in [0.4, 0.5) is 0 Å². The van der Waals surface area contributed by atoms with Crippen LogP contribution in [0.1, 0.15) is 56.2 Å². The van der Waals surface area contributed by atoms with Gasteiger partial charge in [0.15, 0.2) is 0 Å². The van der Waals surface area contributed by atoms with E-state index in [2.05, 4.69) is 28.4 Å². The highest BCUT2D eigenvalue weighted by Crippen LogP contribution is 2.30. The highest BCUT2D eigenvalue weighted by atomic mass is 16.1. The Kier molecular flexibility index (Phi) is 5.30. The van der Waals surface area contributed by atoms with Gasteiger partial charge in [0.05, 0.1) is 10.9 Å². The smallest absolute Gasteiger partial charge is 0.262 e. The molecule has 4 rings (SSSR count). The maximum atomic E-state index is 13.0. The minimum Gasteiger partial charge on any atom is -0.330 e. The van der Waals surface area contributed by atoms with Gasteiger partial charge in [-0.05, 0) is 56.3 Å². The lowest BCUT2D eigenvalue weighted by Gasteiger charge is -2.13. The maximum Gasteiger partial charge on any atom is 0.262 e. The lowest BCUT2D eigenvalue weighted by Crippen LogP contribution is -2.22. The quantitative estimate of drug-likeness (QED) is 0.662. The number of fused-ring (bicyclic) bond motifs is 3. The highest BCUT2D eigenvalue weighted by molar-refractivity contribution is 6.04. The van der Waals surface area contributed by atoms with E-state index in [-0.39, 0.29) is 5.56 Å². The first-order valence-corrected chi connectivity index (χ1v) is 10.4. The second kappa shape index (κ2) is 7.85. The van der Waals surface area contributed by atoms with Gasteiger partial charge >= 0.3 is 0 Å². The first-order chi connectivity index (χ1) is 13.2. The molecule has 0 unspecified atom stereocenters. The molecule has 1 fully saturated rings. The predicted octanol–water partition coefficient (Wildman–Crippen LogP) is 4.05. The lowest BCUT2D eigenvalue weighted by molar-refractivity contribution is 0.484. The van der Waals surface area contributed by atoms with Crippen molar-refractivity contribution < 1.29 is 0 Å². The van der Waals surface area contributed by atoms with Crippen LogP contribution in [0.2, 0.25) is 0 Å². The third-order valence-corrected chi connectivity index (χ3v) is 6.15. The average Bonchev–Trinajstić information content (AvgIpc) is 3.32. The molecule has 144 valence electrons. The molecule has 0 spiro atoms. The molecule has 0 amide bonds. The van der Waals surface area contributed by atoms with Crippen molar-refractivity contribution in [2.75, 3.05) is 6.54 Å². The van der Waals surface area contributed by atoms with Crippen molar-refractivity contribution in [1.82, 2.24) is 14.8 Å². The van der Waals surface area contributed by atoms with Gasteiger partial charge in [-0.25, -0.2) is 0 Å². The molecule has 1 aliphatic rings. The molecule has 0 atom stereocenters. The molecule has 2 aromatic heterocycles.